The molecular formula is C7H17NO2S. The van der Waals surface area contributed by atoms with E-state index in [9.17, 15) is 4.21 Å². The Balaban J connectivity index is 3.28. The third-order valence-electron chi connectivity index (χ3n) is 1.77. The van der Waals surface area contributed by atoms with Gasteiger partial charge in [0.2, 0.25) is 0 Å². The molecule has 0 amide bonds. The number of rotatable bonds is 6. The molecule has 11 heavy (non-hydrogen) atoms. The molecule has 0 saturated heterocycles. The zero-order valence-corrected chi connectivity index (χ0v) is 7.99. The van der Waals surface area contributed by atoms with Crippen molar-refractivity contribution in [3.8, 4) is 0 Å². The van der Waals surface area contributed by atoms with E-state index in [0.29, 0.717) is 11.8 Å². The first-order valence-electron chi connectivity index (χ1n) is 3.95. The summed E-state index contributed by atoms with van der Waals surface area (Å²) in [6, 6.07) is 0.499. The number of hydrogen-bond acceptors (Lipinski definition) is 2. The first-order chi connectivity index (χ1) is 5.20. The molecule has 0 fully saturated rings. The Morgan fingerprint density at radius 1 is 1.64 bits per heavy atom. The van der Waals surface area contributed by atoms with E-state index in [1.807, 2.05) is 7.05 Å². The van der Waals surface area contributed by atoms with E-state index in [1.165, 1.54) is 0 Å². The summed E-state index contributed by atoms with van der Waals surface area (Å²) < 4.78 is 18.7. The molecule has 0 radical (unpaired) electrons. The van der Waals surface area contributed by atoms with Gasteiger partial charge >= 0.3 is 0 Å². The monoisotopic (exact) mass is 179 g/mol. The molecule has 2 N–H and O–H groups in total. The van der Waals surface area contributed by atoms with Crippen LogP contribution in [0.3, 0.4) is 0 Å². The van der Waals surface area contributed by atoms with Gasteiger partial charge in [-0.05, 0) is 26.3 Å². The minimum Gasteiger partial charge on any atom is -0.317 e. The second-order valence-corrected chi connectivity index (χ2v) is 3.61. The fraction of sp³-hybridized carbons (Fsp3) is 1.00. The zero-order chi connectivity index (χ0) is 8.69. The average molecular weight is 179 g/mol. The molecule has 4 heteroatoms. The Labute approximate surface area is 70.9 Å². The van der Waals surface area contributed by atoms with Crippen LogP contribution in [0, 0.1) is 0 Å². The van der Waals surface area contributed by atoms with Crippen molar-refractivity contribution in [3.63, 3.8) is 0 Å². The summed E-state index contributed by atoms with van der Waals surface area (Å²) in [6.45, 7) is 2.11. The van der Waals surface area contributed by atoms with Crippen molar-refractivity contribution < 1.29 is 8.76 Å². The van der Waals surface area contributed by atoms with Crippen LogP contribution in [0.25, 0.3) is 0 Å². The van der Waals surface area contributed by atoms with Crippen molar-refractivity contribution >= 4 is 11.1 Å². The molecule has 0 aliphatic heterocycles. The van der Waals surface area contributed by atoms with Crippen LogP contribution in [0.1, 0.15) is 26.2 Å². The first kappa shape index (κ1) is 11.1. The van der Waals surface area contributed by atoms with Crippen LogP contribution in [0.15, 0.2) is 0 Å². The highest BCUT2D eigenvalue weighted by atomic mass is 32.2. The molecule has 0 aliphatic rings. The van der Waals surface area contributed by atoms with Crippen LogP contribution in [0.4, 0.5) is 0 Å². The highest BCUT2D eigenvalue weighted by Gasteiger charge is 2.02. The molecular weight excluding hydrogens is 162 g/mol. The van der Waals surface area contributed by atoms with Gasteiger partial charge in [0.15, 0.2) is 11.1 Å². The van der Waals surface area contributed by atoms with E-state index in [-0.39, 0.29) is 0 Å². The Morgan fingerprint density at radius 3 is 2.64 bits per heavy atom. The molecule has 0 aromatic carbocycles. The normalized spacial score (nSPS) is 16.3. The van der Waals surface area contributed by atoms with E-state index in [0.717, 1.165) is 19.3 Å². The fourth-order valence-corrected chi connectivity index (χ4v) is 1.42. The molecule has 0 spiro atoms. The van der Waals surface area contributed by atoms with Crippen LogP contribution in [-0.4, -0.2) is 27.6 Å². The van der Waals surface area contributed by atoms with E-state index >= 15 is 0 Å². The molecule has 0 rings (SSSR count). The van der Waals surface area contributed by atoms with Gasteiger partial charge in [-0.1, -0.05) is 6.92 Å². The van der Waals surface area contributed by atoms with Gasteiger partial charge in [0.25, 0.3) is 0 Å². The Bertz CT molecular complexity index is 115. The van der Waals surface area contributed by atoms with E-state index < -0.39 is 11.1 Å². The standard InChI is InChI=1S/C7H17NO2S/c1-3-7(8-2)5-4-6-11(9)10/h7-8H,3-6H2,1-2H3,(H,9,10). The quantitative estimate of drug-likeness (QED) is 0.598. The smallest absolute Gasteiger partial charge is 0.152 e. The van der Waals surface area contributed by atoms with Gasteiger partial charge in [0, 0.05) is 11.8 Å². The molecule has 0 aliphatic carbocycles. The summed E-state index contributed by atoms with van der Waals surface area (Å²) in [6.07, 6.45) is 2.89. The highest BCUT2D eigenvalue weighted by molar-refractivity contribution is 7.79. The fourth-order valence-electron chi connectivity index (χ4n) is 1.01. The largest absolute Gasteiger partial charge is 0.317 e. The van der Waals surface area contributed by atoms with Crippen LogP contribution >= 0.6 is 0 Å². The minimum atomic E-state index is -1.61. The van der Waals surface area contributed by atoms with E-state index in [4.69, 9.17) is 4.55 Å². The Hall–Kier alpha value is 0.0700. The Morgan fingerprint density at radius 2 is 2.27 bits per heavy atom. The number of nitrogens with one attached hydrogen (secondary N) is 1. The summed E-state index contributed by atoms with van der Waals surface area (Å²) in [5.41, 5.74) is 0. The minimum absolute atomic E-state index is 0.401. The van der Waals surface area contributed by atoms with Gasteiger partial charge in [0.1, 0.15) is 0 Å². The average Bonchev–Trinajstić information content (AvgIpc) is 1.98. The van der Waals surface area contributed by atoms with Crippen LogP contribution in [-0.2, 0) is 11.1 Å². The number of hydrogen-bond donors (Lipinski definition) is 2. The summed E-state index contributed by atoms with van der Waals surface area (Å²) in [5.74, 6) is 0.401. The SMILES string of the molecule is CCC(CCCS(=O)O)NC. The van der Waals surface area contributed by atoms with E-state index in [1.54, 1.807) is 0 Å². The maximum Gasteiger partial charge on any atom is 0.152 e. The maximum absolute atomic E-state index is 10.2. The van der Waals surface area contributed by atoms with E-state index in [2.05, 4.69) is 12.2 Å². The first-order valence-corrected chi connectivity index (χ1v) is 5.23. The van der Waals surface area contributed by atoms with Gasteiger partial charge in [-0.25, -0.2) is 4.21 Å². The molecule has 0 bridgehead atoms. The predicted molar refractivity (Wildman–Crippen MR) is 48.0 cm³/mol. The molecule has 0 saturated carbocycles. The van der Waals surface area contributed by atoms with Crippen molar-refractivity contribution in [1.82, 2.24) is 5.32 Å². The predicted octanol–water partition coefficient (Wildman–Crippen LogP) is 0.986. The van der Waals surface area contributed by atoms with Crippen LogP contribution in [0.2, 0.25) is 0 Å². The van der Waals surface area contributed by atoms with Gasteiger partial charge < -0.3 is 9.87 Å². The third-order valence-corrected chi connectivity index (χ3v) is 2.41. The topological polar surface area (TPSA) is 49.3 Å². The van der Waals surface area contributed by atoms with Crippen molar-refractivity contribution in [2.24, 2.45) is 0 Å². The molecule has 0 aromatic heterocycles. The lowest BCUT2D eigenvalue weighted by molar-refractivity contribution is 0.497. The Kier molecular flexibility index (Phi) is 6.80. The van der Waals surface area contributed by atoms with Crippen molar-refractivity contribution in [3.05, 3.63) is 0 Å². The van der Waals surface area contributed by atoms with Gasteiger partial charge in [-0.2, -0.15) is 0 Å². The lowest BCUT2D eigenvalue weighted by Gasteiger charge is -2.11. The molecule has 2 atom stereocenters. The maximum atomic E-state index is 10.2. The van der Waals surface area contributed by atoms with Crippen molar-refractivity contribution in [2.45, 2.75) is 32.2 Å². The van der Waals surface area contributed by atoms with Crippen molar-refractivity contribution in [2.75, 3.05) is 12.8 Å². The van der Waals surface area contributed by atoms with Gasteiger partial charge in [-0.15, -0.1) is 0 Å². The summed E-state index contributed by atoms with van der Waals surface area (Å²) in [5, 5.41) is 3.14. The molecule has 2 unspecified atom stereocenters. The molecule has 0 aromatic rings. The lowest BCUT2D eigenvalue weighted by Crippen LogP contribution is -2.24. The van der Waals surface area contributed by atoms with Crippen LogP contribution in [0.5, 0.6) is 0 Å². The third kappa shape index (κ3) is 6.47. The summed E-state index contributed by atoms with van der Waals surface area (Å²) in [7, 11) is 1.92. The summed E-state index contributed by atoms with van der Waals surface area (Å²) >= 11 is -1.61. The van der Waals surface area contributed by atoms with Crippen molar-refractivity contribution in [1.29, 1.82) is 0 Å². The highest BCUT2D eigenvalue weighted by Crippen LogP contribution is 2.00. The zero-order valence-electron chi connectivity index (χ0n) is 7.17. The second-order valence-electron chi connectivity index (χ2n) is 2.56. The van der Waals surface area contributed by atoms with Gasteiger partial charge in [0.05, 0.1) is 0 Å². The molecule has 3 nitrogen and oxygen atoms in total. The molecule has 0 heterocycles. The molecule has 68 valence electrons. The second kappa shape index (κ2) is 6.76. The van der Waals surface area contributed by atoms with Crippen LogP contribution < -0.4 is 5.32 Å². The van der Waals surface area contributed by atoms with Gasteiger partial charge in [-0.3, -0.25) is 0 Å². The summed E-state index contributed by atoms with van der Waals surface area (Å²) in [4.78, 5) is 0. The lowest BCUT2D eigenvalue weighted by atomic mass is 10.1.